The lowest BCUT2D eigenvalue weighted by atomic mass is 10.1. The summed E-state index contributed by atoms with van der Waals surface area (Å²) in [4.78, 5) is 13.7. The Morgan fingerprint density at radius 3 is 2.61 bits per heavy atom. The summed E-state index contributed by atoms with van der Waals surface area (Å²) < 4.78 is 0. The molecule has 0 spiro atoms. The molecule has 0 radical (unpaired) electrons. The predicted molar refractivity (Wildman–Crippen MR) is 71.1 cm³/mol. The molecule has 3 heteroatoms. The van der Waals surface area contributed by atoms with Crippen molar-refractivity contribution in [1.82, 2.24) is 4.90 Å². The molecule has 2 aromatic rings. The van der Waals surface area contributed by atoms with Gasteiger partial charge in [0.05, 0.1) is 6.07 Å². The van der Waals surface area contributed by atoms with Gasteiger partial charge in [0.25, 0.3) is 5.91 Å². The highest BCUT2D eigenvalue weighted by molar-refractivity contribution is 5.98. The van der Waals surface area contributed by atoms with Gasteiger partial charge in [-0.25, -0.2) is 0 Å². The van der Waals surface area contributed by atoms with Crippen LogP contribution in [0.2, 0.25) is 0 Å². The summed E-state index contributed by atoms with van der Waals surface area (Å²) in [6.45, 7) is 2.54. The van der Waals surface area contributed by atoms with E-state index in [1.807, 2.05) is 55.5 Å². The third-order valence-corrected chi connectivity index (χ3v) is 2.93. The maximum Gasteiger partial charge on any atom is 0.254 e. The van der Waals surface area contributed by atoms with Crippen LogP contribution in [-0.4, -0.2) is 23.9 Å². The second-order valence-corrected chi connectivity index (χ2v) is 4.04. The van der Waals surface area contributed by atoms with E-state index in [4.69, 9.17) is 5.26 Å². The van der Waals surface area contributed by atoms with E-state index in [1.54, 1.807) is 0 Å². The van der Waals surface area contributed by atoms with E-state index in [0.717, 1.165) is 10.8 Å². The number of amides is 1. The van der Waals surface area contributed by atoms with Gasteiger partial charge >= 0.3 is 0 Å². The van der Waals surface area contributed by atoms with Gasteiger partial charge < -0.3 is 4.90 Å². The molecule has 2 aromatic carbocycles. The minimum Gasteiger partial charge on any atom is -0.326 e. The van der Waals surface area contributed by atoms with Gasteiger partial charge in [0, 0.05) is 12.1 Å². The minimum absolute atomic E-state index is 0.0928. The Bertz CT molecular complexity index is 613. The topological polar surface area (TPSA) is 44.1 Å². The van der Waals surface area contributed by atoms with Gasteiger partial charge in [0.2, 0.25) is 0 Å². The van der Waals surface area contributed by atoms with Crippen LogP contribution in [0.25, 0.3) is 10.8 Å². The molecule has 18 heavy (non-hydrogen) atoms. The second kappa shape index (κ2) is 5.33. The predicted octanol–water partition coefficient (Wildman–Crippen LogP) is 2.83. The Hall–Kier alpha value is -2.34. The average molecular weight is 238 g/mol. The highest BCUT2D eigenvalue weighted by Gasteiger charge is 2.13. The first-order valence-corrected chi connectivity index (χ1v) is 5.91. The smallest absolute Gasteiger partial charge is 0.254 e. The molecule has 0 saturated carbocycles. The van der Waals surface area contributed by atoms with Gasteiger partial charge in [-0.3, -0.25) is 4.79 Å². The Kier molecular flexibility index (Phi) is 3.59. The molecule has 0 saturated heterocycles. The zero-order valence-corrected chi connectivity index (χ0v) is 10.3. The summed E-state index contributed by atoms with van der Waals surface area (Å²) in [6.07, 6.45) is 0. The largest absolute Gasteiger partial charge is 0.326 e. The monoisotopic (exact) mass is 238 g/mol. The number of fused-ring (bicyclic) bond motifs is 1. The minimum atomic E-state index is -0.0928. The molecule has 0 atom stereocenters. The lowest BCUT2D eigenvalue weighted by Gasteiger charge is -2.17. The molecule has 0 aromatic heterocycles. The molecule has 0 unspecified atom stereocenters. The Morgan fingerprint density at radius 2 is 1.94 bits per heavy atom. The van der Waals surface area contributed by atoms with Gasteiger partial charge in [-0.05, 0) is 29.8 Å². The fourth-order valence-electron chi connectivity index (χ4n) is 1.92. The second-order valence-electron chi connectivity index (χ2n) is 4.04. The van der Waals surface area contributed by atoms with Gasteiger partial charge in [-0.15, -0.1) is 0 Å². The number of carbonyl (C=O) groups excluding carboxylic acids is 1. The van der Waals surface area contributed by atoms with Gasteiger partial charge in [0.1, 0.15) is 6.54 Å². The average Bonchev–Trinajstić information content (AvgIpc) is 2.43. The Morgan fingerprint density at radius 1 is 1.22 bits per heavy atom. The van der Waals surface area contributed by atoms with E-state index in [-0.39, 0.29) is 12.5 Å². The molecule has 0 aliphatic rings. The van der Waals surface area contributed by atoms with E-state index in [2.05, 4.69) is 0 Å². The molecule has 90 valence electrons. The highest BCUT2D eigenvalue weighted by Crippen LogP contribution is 2.16. The lowest BCUT2D eigenvalue weighted by Crippen LogP contribution is -2.31. The third-order valence-electron chi connectivity index (χ3n) is 2.93. The molecule has 0 bridgehead atoms. The van der Waals surface area contributed by atoms with Crippen LogP contribution >= 0.6 is 0 Å². The molecule has 0 fully saturated rings. The fraction of sp³-hybridized carbons (Fsp3) is 0.200. The van der Waals surface area contributed by atoms with Crippen molar-refractivity contribution in [3.8, 4) is 6.07 Å². The van der Waals surface area contributed by atoms with Crippen molar-refractivity contribution in [2.24, 2.45) is 0 Å². The first-order valence-electron chi connectivity index (χ1n) is 5.91. The van der Waals surface area contributed by atoms with Gasteiger partial charge in [-0.2, -0.15) is 5.26 Å². The van der Waals surface area contributed by atoms with Crippen molar-refractivity contribution in [1.29, 1.82) is 5.26 Å². The summed E-state index contributed by atoms with van der Waals surface area (Å²) in [5, 5.41) is 10.8. The molecule has 0 aliphatic carbocycles. The van der Waals surface area contributed by atoms with Crippen molar-refractivity contribution < 1.29 is 4.79 Å². The summed E-state index contributed by atoms with van der Waals surface area (Å²) >= 11 is 0. The molecule has 0 heterocycles. The SMILES string of the molecule is CCN(CC#N)C(=O)c1ccc2ccccc2c1. The number of hydrogen-bond acceptors (Lipinski definition) is 2. The van der Waals surface area contributed by atoms with Crippen LogP contribution in [0, 0.1) is 11.3 Å². The number of rotatable bonds is 3. The van der Waals surface area contributed by atoms with Gasteiger partial charge in [0.15, 0.2) is 0 Å². The van der Waals surface area contributed by atoms with Gasteiger partial charge in [-0.1, -0.05) is 30.3 Å². The van der Waals surface area contributed by atoms with Crippen molar-refractivity contribution in [2.45, 2.75) is 6.92 Å². The maximum atomic E-state index is 12.2. The third kappa shape index (κ3) is 2.33. The molecule has 3 nitrogen and oxygen atoms in total. The first kappa shape index (κ1) is 12.1. The normalized spacial score (nSPS) is 10.0. The lowest BCUT2D eigenvalue weighted by molar-refractivity contribution is 0.0784. The van der Waals surface area contributed by atoms with E-state index >= 15 is 0 Å². The van der Waals surface area contributed by atoms with Crippen LogP contribution in [0.3, 0.4) is 0 Å². The van der Waals surface area contributed by atoms with E-state index < -0.39 is 0 Å². The summed E-state index contributed by atoms with van der Waals surface area (Å²) in [5.41, 5.74) is 0.630. The number of benzene rings is 2. The van der Waals surface area contributed by atoms with E-state index in [0.29, 0.717) is 12.1 Å². The number of nitrogens with zero attached hydrogens (tertiary/aromatic N) is 2. The quantitative estimate of drug-likeness (QED) is 0.772. The summed E-state index contributed by atoms with van der Waals surface area (Å²) in [6, 6.07) is 15.5. The number of hydrogen-bond donors (Lipinski definition) is 0. The zero-order chi connectivity index (χ0) is 13.0. The first-order chi connectivity index (χ1) is 8.76. The number of carbonyl (C=O) groups is 1. The maximum absolute atomic E-state index is 12.2. The van der Waals surface area contributed by atoms with Crippen LogP contribution in [-0.2, 0) is 0 Å². The van der Waals surface area contributed by atoms with E-state index in [1.165, 1.54) is 4.90 Å². The van der Waals surface area contributed by atoms with Crippen LogP contribution in [0.5, 0.6) is 0 Å². The van der Waals surface area contributed by atoms with E-state index in [9.17, 15) is 4.79 Å². The molecular formula is C15H14N2O. The standard InChI is InChI=1S/C15H14N2O/c1-2-17(10-9-16)15(18)14-8-7-12-5-3-4-6-13(12)11-14/h3-8,11H,2,10H2,1H3. The van der Waals surface area contributed by atoms with Crippen molar-refractivity contribution in [3.63, 3.8) is 0 Å². The van der Waals surface area contributed by atoms with Crippen LogP contribution < -0.4 is 0 Å². The van der Waals surface area contributed by atoms with Crippen molar-refractivity contribution in [3.05, 3.63) is 48.0 Å². The molecule has 0 aliphatic heterocycles. The highest BCUT2D eigenvalue weighted by atomic mass is 16.2. The van der Waals surface area contributed by atoms with Crippen molar-refractivity contribution in [2.75, 3.05) is 13.1 Å². The zero-order valence-electron chi connectivity index (χ0n) is 10.3. The van der Waals surface area contributed by atoms with Crippen LogP contribution in [0.15, 0.2) is 42.5 Å². The molecular weight excluding hydrogens is 224 g/mol. The Balaban J connectivity index is 2.36. The molecule has 2 rings (SSSR count). The molecule has 0 N–H and O–H groups in total. The van der Waals surface area contributed by atoms with Crippen molar-refractivity contribution >= 4 is 16.7 Å². The molecule has 1 amide bonds. The van der Waals surface area contributed by atoms with Crippen LogP contribution in [0.1, 0.15) is 17.3 Å². The van der Waals surface area contributed by atoms with Crippen LogP contribution in [0.4, 0.5) is 0 Å². The Labute approximate surface area is 106 Å². The summed E-state index contributed by atoms with van der Waals surface area (Å²) in [5.74, 6) is -0.0928. The number of nitriles is 1. The fourth-order valence-corrected chi connectivity index (χ4v) is 1.92. The summed E-state index contributed by atoms with van der Waals surface area (Å²) in [7, 11) is 0.